The lowest BCUT2D eigenvalue weighted by molar-refractivity contribution is -0.150. The van der Waals surface area contributed by atoms with Crippen LogP contribution >= 0.6 is 0 Å². The zero-order valence-corrected chi connectivity index (χ0v) is 8.81. The van der Waals surface area contributed by atoms with Crippen LogP contribution in [0.25, 0.3) is 0 Å². The minimum Gasteiger partial charge on any atom is -0.481 e. The van der Waals surface area contributed by atoms with Crippen molar-refractivity contribution in [3.8, 4) is 0 Å². The highest BCUT2D eigenvalue weighted by atomic mass is 16.4. The van der Waals surface area contributed by atoms with Gasteiger partial charge in [-0.25, -0.2) is 0 Å². The van der Waals surface area contributed by atoms with E-state index in [1.165, 1.54) is 19.3 Å². The van der Waals surface area contributed by atoms with Gasteiger partial charge >= 0.3 is 5.97 Å². The molecule has 0 spiro atoms. The quantitative estimate of drug-likeness (QED) is 0.723. The van der Waals surface area contributed by atoms with Crippen LogP contribution in [-0.2, 0) is 4.79 Å². The van der Waals surface area contributed by atoms with Crippen LogP contribution in [0.15, 0.2) is 0 Å². The molecule has 0 radical (unpaired) electrons. The Labute approximate surface area is 84.9 Å². The summed E-state index contributed by atoms with van der Waals surface area (Å²) < 4.78 is 0. The summed E-state index contributed by atoms with van der Waals surface area (Å²) in [6.45, 7) is 3.76. The van der Waals surface area contributed by atoms with Crippen molar-refractivity contribution in [2.45, 2.75) is 39.0 Å². The van der Waals surface area contributed by atoms with E-state index in [0.29, 0.717) is 12.0 Å². The summed E-state index contributed by atoms with van der Waals surface area (Å²) in [5, 5.41) is 12.5. The fourth-order valence-electron chi connectivity index (χ4n) is 2.93. The van der Waals surface area contributed by atoms with Crippen LogP contribution in [0.4, 0.5) is 0 Å². The number of carboxylic acid groups (broad SMARTS) is 1. The molecule has 2 rings (SSSR count). The van der Waals surface area contributed by atoms with Gasteiger partial charge in [-0.15, -0.1) is 0 Å². The van der Waals surface area contributed by atoms with E-state index in [1.807, 2.05) is 0 Å². The summed E-state index contributed by atoms with van der Waals surface area (Å²) in [5.41, 5.74) is -0.153. The van der Waals surface area contributed by atoms with Crippen molar-refractivity contribution in [2.24, 2.45) is 10.8 Å². The Morgan fingerprint density at radius 3 is 2.50 bits per heavy atom. The van der Waals surface area contributed by atoms with Crippen LogP contribution in [0, 0.1) is 10.8 Å². The molecule has 0 aromatic heterocycles. The molecule has 1 saturated heterocycles. The SMILES string of the molecule is CC1(CC2(C(=O)O)CCNC2)CCC1. The summed E-state index contributed by atoms with van der Waals surface area (Å²) in [7, 11) is 0. The number of nitrogens with one attached hydrogen (secondary N) is 1. The molecule has 0 aromatic rings. The van der Waals surface area contributed by atoms with Gasteiger partial charge in [0.25, 0.3) is 0 Å². The molecule has 1 saturated carbocycles. The molecular formula is C11H19NO2. The second-order valence-electron chi connectivity index (χ2n) is 5.35. The van der Waals surface area contributed by atoms with E-state index < -0.39 is 11.4 Å². The average Bonchev–Trinajstić information content (AvgIpc) is 2.51. The molecule has 3 nitrogen and oxygen atoms in total. The van der Waals surface area contributed by atoms with Crippen LogP contribution in [0.3, 0.4) is 0 Å². The Balaban J connectivity index is 2.07. The highest BCUT2D eigenvalue weighted by Gasteiger charge is 2.48. The van der Waals surface area contributed by atoms with Gasteiger partial charge in [0.1, 0.15) is 0 Å². The highest BCUT2D eigenvalue weighted by Crippen LogP contribution is 2.50. The first-order valence-electron chi connectivity index (χ1n) is 5.51. The average molecular weight is 197 g/mol. The molecule has 1 unspecified atom stereocenters. The van der Waals surface area contributed by atoms with Gasteiger partial charge in [0.05, 0.1) is 5.41 Å². The minimum atomic E-state index is -0.601. The van der Waals surface area contributed by atoms with Gasteiger partial charge in [-0.05, 0) is 37.6 Å². The Kier molecular flexibility index (Phi) is 2.30. The van der Waals surface area contributed by atoms with Gasteiger partial charge in [-0.3, -0.25) is 4.79 Å². The van der Waals surface area contributed by atoms with Crippen molar-refractivity contribution in [1.82, 2.24) is 5.32 Å². The zero-order chi connectivity index (χ0) is 10.2. The van der Waals surface area contributed by atoms with Gasteiger partial charge in [0.15, 0.2) is 0 Å². The molecule has 0 amide bonds. The second-order valence-corrected chi connectivity index (χ2v) is 5.35. The minimum absolute atomic E-state index is 0.310. The van der Waals surface area contributed by atoms with E-state index >= 15 is 0 Å². The summed E-state index contributed by atoms with van der Waals surface area (Å²) >= 11 is 0. The molecule has 14 heavy (non-hydrogen) atoms. The third-order valence-corrected chi connectivity index (χ3v) is 4.02. The molecule has 1 atom stereocenters. The predicted molar refractivity (Wildman–Crippen MR) is 54.1 cm³/mol. The third kappa shape index (κ3) is 1.54. The molecular weight excluding hydrogens is 178 g/mol. The van der Waals surface area contributed by atoms with E-state index in [2.05, 4.69) is 12.2 Å². The normalized spacial score (nSPS) is 35.2. The Hall–Kier alpha value is -0.570. The Bertz CT molecular complexity index is 240. The van der Waals surface area contributed by atoms with Gasteiger partial charge in [0, 0.05) is 6.54 Å². The van der Waals surface area contributed by atoms with Crippen LogP contribution in [0.2, 0.25) is 0 Å². The molecule has 2 fully saturated rings. The maximum absolute atomic E-state index is 11.3. The van der Waals surface area contributed by atoms with Crippen molar-refractivity contribution in [2.75, 3.05) is 13.1 Å². The highest BCUT2D eigenvalue weighted by molar-refractivity contribution is 5.75. The molecule has 1 heterocycles. The lowest BCUT2D eigenvalue weighted by Crippen LogP contribution is -2.41. The number of carboxylic acids is 1. The second kappa shape index (κ2) is 3.23. The molecule has 3 heteroatoms. The van der Waals surface area contributed by atoms with Gasteiger partial charge in [-0.1, -0.05) is 13.3 Å². The third-order valence-electron chi connectivity index (χ3n) is 4.02. The van der Waals surface area contributed by atoms with Crippen molar-refractivity contribution in [1.29, 1.82) is 0 Å². The molecule has 2 aliphatic rings. The summed E-state index contributed by atoms with van der Waals surface area (Å²) in [4.78, 5) is 11.3. The van der Waals surface area contributed by atoms with Crippen molar-refractivity contribution >= 4 is 5.97 Å². The standard InChI is InChI=1S/C11H19NO2/c1-10(3-2-4-10)7-11(9(13)14)5-6-12-8-11/h12H,2-8H2,1H3,(H,13,14). The lowest BCUT2D eigenvalue weighted by atomic mass is 9.61. The first kappa shape index (κ1) is 9.97. The van der Waals surface area contributed by atoms with E-state index in [0.717, 1.165) is 19.4 Å². The van der Waals surface area contributed by atoms with Gasteiger partial charge in [0.2, 0.25) is 0 Å². The monoisotopic (exact) mass is 197 g/mol. The Morgan fingerprint density at radius 2 is 2.14 bits per heavy atom. The van der Waals surface area contributed by atoms with E-state index in [-0.39, 0.29) is 0 Å². The predicted octanol–water partition coefficient (Wildman–Crippen LogP) is 1.63. The number of aliphatic carboxylic acids is 1. The van der Waals surface area contributed by atoms with Crippen molar-refractivity contribution in [3.05, 3.63) is 0 Å². The Morgan fingerprint density at radius 1 is 1.43 bits per heavy atom. The first-order chi connectivity index (χ1) is 6.56. The van der Waals surface area contributed by atoms with Gasteiger partial charge < -0.3 is 10.4 Å². The fraction of sp³-hybridized carbons (Fsp3) is 0.909. The van der Waals surface area contributed by atoms with Crippen molar-refractivity contribution < 1.29 is 9.90 Å². The fourth-order valence-corrected chi connectivity index (χ4v) is 2.93. The molecule has 80 valence electrons. The van der Waals surface area contributed by atoms with Crippen LogP contribution < -0.4 is 5.32 Å². The number of carbonyl (C=O) groups is 1. The summed E-state index contributed by atoms with van der Waals surface area (Å²) in [5.74, 6) is -0.601. The number of hydrogen-bond donors (Lipinski definition) is 2. The van der Waals surface area contributed by atoms with E-state index in [1.54, 1.807) is 0 Å². The molecule has 0 bridgehead atoms. The number of hydrogen-bond acceptors (Lipinski definition) is 2. The smallest absolute Gasteiger partial charge is 0.310 e. The van der Waals surface area contributed by atoms with Crippen LogP contribution in [0.5, 0.6) is 0 Å². The number of rotatable bonds is 3. The molecule has 0 aromatic carbocycles. The largest absolute Gasteiger partial charge is 0.481 e. The zero-order valence-electron chi connectivity index (χ0n) is 8.81. The maximum Gasteiger partial charge on any atom is 0.310 e. The molecule has 1 aliphatic carbocycles. The first-order valence-corrected chi connectivity index (χ1v) is 5.51. The van der Waals surface area contributed by atoms with Crippen LogP contribution in [-0.4, -0.2) is 24.2 Å². The van der Waals surface area contributed by atoms with Crippen molar-refractivity contribution in [3.63, 3.8) is 0 Å². The van der Waals surface area contributed by atoms with E-state index in [9.17, 15) is 9.90 Å². The summed E-state index contributed by atoms with van der Waals surface area (Å²) in [6, 6.07) is 0. The topological polar surface area (TPSA) is 49.3 Å². The lowest BCUT2D eigenvalue weighted by Gasteiger charge is -2.43. The molecule has 2 N–H and O–H groups in total. The van der Waals surface area contributed by atoms with E-state index in [4.69, 9.17) is 0 Å². The van der Waals surface area contributed by atoms with Gasteiger partial charge in [-0.2, -0.15) is 0 Å². The van der Waals surface area contributed by atoms with Crippen LogP contribution in [0.1, 0.15) is 39.0 Å². The molecule has 1 aliphatic heterocycles. The summed E-state index contributed by atoms with van der Waals surface area (Å²) in [6.07, 6.45) is 5.37. The maximum atomic E-state index is 11.3.